The zero-order valence-electron chi connectivity index (χ0n) is 18.6. The van der Waals surface area contributed by atoms with Gasteiger partial charge in [-0.25, -0.2) is 18.5 Å². The Balaban J connectivity index is 0.00000363. The number of sulfonamides is 1. The van der Waals surface area contributed by atoms with E-state index in [0.29, 0.717) is 13.1 Å². The monoisotopic (exact) mass is 571 g/mol. The summed E-state index contributed by atoms with van der Waals surface area (Å²) >= 11 is 0. The summed E-state index contributed by atoms with van der Waals surface area (Å²) in [7, 11) is -3.65. The minimum Gasteiger partial charge on any atom is -0.357 e. The lowest BCUT2D eigenvalue weighted by atomic mass is 10.1. The largest absolute Gasteiger partial charge is 0.357 e. The summed E-state index contributed by atoms with van der Waals surface area (Å²) in [5.41, 5.74) is 3.57. The predicted molar refractivity (Wildman–Crippen MR) is 141 cm³/mol. The highest BCUT2D eigenvalue weighted by molar-refractivity contribution is 14.0. The van der Waals surface area contributed by atoms with Crippen LogP contribution in [0.5, 0.6) is 0 Å². The molecule has 0 unspecified atom stereocenters. The Morgan fingerprint density at radius 2 is 1.56 bits per heavy atom. The highest BCUT2D eigenvalue weighted by atomic mass is 127. The minimum absolute atomic E-state index is 0. The van der Waals surface area contributed by atoms with Gasteiger partial charge in [0.25, 0.3) is 0 Å². The zero-order chi connectivity index (χ0) is 22.1. The quantitative estimate of drug-likeness (QED) is 0.244. The maximum absolute atomic E-state index is 11.3. The van der Waals surface area contributed by atoms with Crippen LogP contribution in [0.15, 0.2) is 58.4 Å². The van der Waals surface area contributed by atoms with Gasteiger partial charge in [-0.15, -0.1) is 24.0 Å². The van der Waals surface area contributed by atoms with E-state index in [0.717, 1.165) is 31.0 Å². The molecular weight excluding hydrogens is 537 g/mol. The molecule has 1 fully saturated rings. The van der Waals surface area contributed by atoms with E-state index in [1.165, 1.54) is 49.2 Å². The second-order valence-electron chi connectivity index (χ2n) is 7.86. The Kier molecular flexibility index (Phi) is 10.9. The van der Waals surface area contributed by atoms with Crippen molar-refractivity contribution >= 4 is 40.0 Å². The Bertz CT molecular complexity index is 957. The molecule has 0 atom stereocenters. The Morgan fingerprint density at radius 3 is 2.16 bits per heavy atom. The number of nitrogens with one attached hydrogen (secondary N) is 2. The summed E-state index contributed by atoms with van der Waals surface area (Å²) in [5.74, 6) is 0.768. The van der Waals surface area contributed by atoms with Gasteiger partial charge in [0.2, 0.25) is 10.0 Å². The van der Waals surface area contributed by atoms with E-state index in [1.807, 2.05) is 6.92 Å². The fourth-order valence-corrected chi connectivity index (χ4v) is 4.15. The van der Waals surface area contributed by atoms with Crippen LogP contribution in [0.25, 0.3) is 0 Å². The summed E-state index contributed by atoms with van der Waals surface area (Å²) in [6.07, 6.45) is 3.38. The van der Waals surface area contributed by atoms with Crippen molar-refractivity contribution in [2.24, 2.45) is 10.1 Å². The molecule has 176 valence electrons. The van der Waals surface area contributed by atoms with Gasteiger partial charge in [-0.1, -0.05) is 36.4 Å². The molecule has 7 nitrogen and oxygen atoms in total. The second kappa shape index (κ2) is 13.1. The van der Waals surface area contributed by atoms with Crippen LogP contribution < -0.4 is 15.8 Å². The van der Waals surface area contributed by atoms with Gasteiger partial charge in [0.05, 0.1) is 11.4 Å². The van der Waals surface area contributed by atoms with Crippen LogP contribution in [0.3, 0.4) is 0 Å². The van der Waals surface area contributed by atoms with Crippen LogP contribution in [0, 0.1) is 0 Å². The lowest BCUT2D eigenvalue weighted by molar-refractivity contribution is 0.331. The highest BCUT2D eigenvalue weighted by Gasteiger charge is 2.11. The molecule has 3 rings (SSSR count). The molecule has 2 aromatic rings. The van der Waals surface area contributed by atoms with Crippen LogP contribution in [0.4, 0.5) is 0 Å². The summed E-state index contributed by atoms with van der Waals surface area (Å²) in [5, 5.41) is 11.7. The first-order valence-electron chi connectivity index (χ1n) is 10.9. The Morgan fingerprint density at radius 1 is 0.969 bits per heavy atom. The van der Waals surface area contributed by atoms with Gasteiger partial charge in [-0.3, -0.25) is 4.90 Å². The molecular formula is C23H34IN5O2S. The number of hydrogen-bond donors (Lipinski definition) is 3. The summed E-state index contributed by atoms with van der Waals surface area (Å²) < 4.78 is 22.7. The summed E-state index contributed by atoms with van der Waals surface area (Å²) in [6, 6.07) is 15.4. The molecule has 1 heterocycles. The van der Waals surface area contributed by atoms with Gasteiger partial charge < -0.3 is 10.6 Å². The number of rotatable bonds is 9. The first-order chi connectivity index (χ1) is 14.9. The fourth-order valence-electron chi connectivity index (χ4n) is 3.63. The maximum Gasteiger partial charge on any atom is 0.238 e. The van der Waals surface area contributed by atoms with E-state index in [-0.39, 0.29) is 28.9 Å². The van der Waals surface area contributed by atoms with Crippen molar-refractivity contribution in [3.63, 3.8) is 0 Å². The van der Waals surface area contributed by atoms with Crippen molar-refractivity contribution in [3.8, 4) is 0 Å². The summed E-state index contributed by atoms with van der Waals surface area (Å²) in [4.78, 5) is 7.32. The molecule has 1 aliphatic rings. The number of benzene rings is 2. The number of primary sulfonamides is 1. The average molecular weight is 572 g/mol. The van der Waals surface area contributed by atoms with E-state index < -0.39 is 10.0 Å². The summed E-state index contributed by atoms with van der Waals surface area (Å²) in [6.45, 7) is 7.57. The topological polar surface area (TPSA) is 99.8 Å². The van der Waals surface area contributed by atoms with E-state index in [2.05, 4.69) is 44.8 Å². The van der Waals surface area contributed by atoms with Crippen molar-refractivity contribution in [1.82, 2.24) is 15.5 Å². The van der Waals surface area contributed by atoms with Crippen molar-refractivity contribution < 1.29 is 8.42 Å². The van der Waals surface area contributed by atoms with Crippen molar-refractivity contribution in [2.75, 3.05) is 26.2 Å². The number of nitrogens with zero attached hydrogens (tertiary/aromatic N) is 2. The first-order valence-corrected chi connectivity index (χ1v) is 12.4. The molecule has 2 aromatic carbocycles. The van der Waals surface area contributed by atoms with Crippen LogP contribution in [-0.2, 0) is 29.5 Å². The van der Waals surface area contributed by atoms with Crippen LogP contribution in [0.1, 0.15) is 36.5 Å². The molecule has 1 saturated heterocycles. The smallest absolute Gasteiger partial charge is 0.238 e. The van der Waals surface area contributed by atoms with Gasteiger partial charge in [0, 0.05) is 19.6 Å². The van der Waals surface area contributed by atoms with Crippen molar-refractivity contribution in [2.45, 2.75) is 44.2 Å². The van der Waals surface area contributed by atoms with Gasteiger partial charge in [0.1, 0.15) is 0 Å². The lowest BCUT2D eigenvalue weighted by Crippen LogP contribution is -2.38. The number of likely N-dealkylation sites (tertiary alicyclic amines) is 1. The number of aliphatic imine (C=N–C) groups is 1. The third-order valence-corrected chi connectivity index (χ3v) is 6.28. The van der Waals surface area contributed by atoms with Crippen LogP contribution in [0.2, 0.25) is 0 Å². The Hall–Kier alpha value is -1.69. The first kappa shape index (κ1) is 26.6. The third-order valence-electron chi connectivity index (χ3n) is 5.35. The number of halogens is 1. The van der Waals surface area contributed by atoms with E-state index in [1.54, 1.807) is 12.1 Å². The normalized spacial score (nSPS) is 14.8. The Labute approximate surface area is 208 Å². The minimum atomic E-state index is -3.65. The molecule has 0 aliphatic carbocycles. The standard InChI is InChI=1S/C23H33N5O2S.HI/c1-2-25-23(26-14-13-19-9-11-22(12-10-19)31(24,29)30)27-17-20-5-7-21(8-6-20)18-28-15-3-4-16-28;/h5-12H,2-4,13-18H2,1H3,(H2,24,29,30)(H2,25,26,27);1H. The second-order valence-corrected chi connectivity index (χ2v) is 9.42. The average Bonchev–Trinajstić information content (AvgIpc) is 3.26. The van der Waals surface area contributed by atoms with Gasteiger partial charge in [-0.2, -0.15) is 0 Å². The van der Waals surface area contributed by atoms with E-state index >= 15 is 0 Å². The van der Waals surface area contributed by atoms with Crippen molar-refractivity contribution in [1.29, 1.82) is 0 Å². The molecule has 0 spiro atoms. The SMILES string of the molecule is CCNC(=NCc1ccc(CN2CCCC2)cc1)NCCc1ccc(S(N)(=O)=O)cc1.I. The molecule has 0 radical (unpaired) electrons. The van der Waals surface area contributed by atoms with Crippen molar-refractivity contribution in [3.05, 3.63) is 65.2 Å². The van der Waals surface area contributed by atoms with E-state index in [4.69, 9.17) is 5.14 Å². The third kappa shape index (κ3) is 8.68. The number of hydrogen-bond acceptors (Lipinski definition) is 4. The molecule has 4 N–H and O–H groups in total. The zero-order valence-corrected chi connectivity index (χ0v) is 21.7. The van der Waals surface area contributed by atoms with Crippen LogP contribution in [-0.4, -0.2) is 45.5 Å². The number of guanidine groups is 1. The molecule has 0 aromatic heterocycles. The molecule has 0 amide bonds. The molecule has 32 heavy (non-hydrogen) atoms. The van der Waals surface area contributed by atoms with Gasteiger partial charge in [-0.05, 0) is 68.1 Å². The molecule has 0 saturated carbocycles. The van der Waals surface area contributed by atoms with E-state index in [9.17, 15) is 8.42 Å². The molecule has 9 heteroatoms. The lowest BCUT2D eigenvalue weighted by Gasteiger charge is -2.14. The molecule has 0 bridgehead atoms. The fraction of sp³-hybridized carbons (Fsp3) is 0.435. The van der Waals surface area contributed by atoms with Gasteiger partial charge >= 0.3 is 0 Å². The van der Waals surface area contributed by atoms with Crippen LogP contribution >= 0.6 is 24.0 Å². The maximum atomic E-state index is 11.3. The predicted octanol–water partition coefficient (Wildman–Crippen LogP) is 2.85. The molecule has 1 aliphatic heterocycles. The number of nitrogens with two attached hydrogens (primary N) is 1. The van der Waals surface area contributed by atoms with Gasteiger partial charge in [0.15, 0.2) is 5.96 Å². The highest BCUT2D eigenvalue weighted by Crippen LogP contribution is 2.14.